The van der Waals surface area contributed by atoms with Crippen molar-refractivity contribution in [1.82, 2.24) is 0 Å². The summed E-state index contributed by atoms with van der Waals surface area (Å²) in [4.78, 5) is 24.6. The highest BCUT2D eigenvalue weighted by Gasteiger charge is 2.57. The third kappa shape index (κ3) is 7.69. The molecule has 5 nitrogen and oxygen atoms in total. The lowest BCUT2D eigenvalue weighted by atomic mass is 9.57. The van der Waals surface area contributed by atoms with Crippen molar-refractivity contribution in [1.29, 1.82) is 0 Å². The van der Waals surface area contributed by atoms with E-state index in [4.69, 9.17) is 8.85 Å². The van der Waals surface area contributed by atoms with E-state index in [1.54, 1.807) is 11.6 Å². The van der Waals surface area contributed by atoms with Gasteiger partial charge in [0, 0.05) is 6.42 Å². The van der Waals surface area contributed by atoms with Gasteiger partial charge in [-0.15, -0.1) is 0 Å². The predicted octanol–water partition coefficient (Wildman–Crippen LogP) is 11.2. The summed E-state index contributed by atoms with van der Waals surface area (Å²) in [5, 5.41) is 9.87. The Hall–Kier alpha value is -1.55. The highest BCUT2D eigenvalue weighted by atomic mass is 28.4. The van der Waals surface area contributed by atoms with E-state index in [1.165, 1.54) is 12.0 Å². The van der Waals surface area contributed by atoms with Gasteiger partial charge in [0.15, 0.2) is 22.4 Å². The molecule has 0 spiro atoms. The van der Waals surface area contributed by atoms with Gasteiger partial charge in [0.1, 0.15) is 5.41 Å². The van der Waals surface area contributed by atoms with E-state index in [2.05, 4.69) is 107 Å². The van der Waals surface area contributed by atoms with Crippen molar-refractivity contribution in [2.75, 3.05) is 0 Å². The fraction of sp³-hybridized carbons (Fsp3) is 0.756. The zero-order valence-electron chi connectivity index (χ0n) is 32.8. The van der Waals surface area contributed by atoms with Crippen LogP contribution in [0, 0.1) is 28.1 Å². The Morgan fingerprint density at radius 1 is 0.896 bits per heavy atom. The monoisotopic (exact) mass is 696 g/mol. The third-order valence-corrected chi connectivity index (χ3v) is 22.9. The van der Waals surface area contributed by atoms with Gasteiger partial charge < -0.3 is 14.0 Å². The Kier molecular flexibility index (Phi) is 10.8. The first-order valence-corrected chi connectivity index (χ1v) is 24.5. The van der Waals surface area contributed by atoms with Crippen LogP contribution in [0.2, 0.25) is 36.3 Å². The van der Waals surface area contributed by atoms with Crippen LogP contribution in [-0.2, 0) is 18.4 Å². The molecule has 48 heavy (non-hydrogen) atoms. The molecule has 7 heteroatoms. The molecule has 4 aliphatic rings. The minimum absolute atomic E-state index is 0.0299. The molecule has 270 valence electrons. The largest absolute Gasteiger partial charge is 0.480 e. The maximum atomic E-state index is 12.9. The normalized spacial score (nSPS) is 31.8. The van der Waals surface area contributed by atoms with Gasteiger partial charge in [0.05, 0.1) is 12.2 Å². The molecule has 0 radical (unpaired) electrons. The lowest BCUT2D eigenvalue weighted by molar-refractivity contribution is -0.146. The minimum atomic E-state index is -2.03. The molecule has 0 aromatic carbocycles. The molecular weight excluding hydrogens is 629 g/mol. The van der Waals surface area contributed by atoms with Crippen molar-refractivity contribution in [3.05, 3.63) is 47.6 Å². The highest BCUT2D eigenvalue weighted by Crippen LogP contribution is 2.62. The van der Waals surface area contributed by atoms with Gasteiger partial charge in [-0.25, -0.2) is 0 Å². The summed E-state index contributed by atoms with van der Waals surface area (Å²) in [6, 6.07) is 0. The van der Waals surface area contributed by atoms with Crippen molar-refractivity contribution in [2.45, 2.75) is 169 Å². The Labute approximate surface area is 295 Å². The van der Waals surface area contributed by atoms with Crippen LogP contribution in [0.1, 0.15) is 120 Å². The van der Waals surface area contributed by atoms with Crippen LogP contribution < -0.4 is 0 Å². The quantitative estimate of drug-likeness (QED) is 0.140. The Morgan fingerprint density at radius 2 is 1.48 bits per heavy atom. The minimum Gasteiger partial charge on any atom is -0.480 e. The zero-order valence-corrected chi connectivity index (χ0v) is 34.8. The van der Waals surface area contributed by atoms with Gasteiger partial charge in [-0.2, -0.15) is 0 Å². The molecule has 0 aliphatic heterocycles. The molecule has 4 aliphatic carbocycles. The van der Waals surface area contributed by atoms with Crippen LogP contribution in [0.15, 0.2) is 47.6 Å². The topological polar surface area (TPSA) is 72.8 Å². The fourth-order valence-corrected chi connectivity index (χ4v) is 11.2. The molecule has 0 heterocycles. The van der Waals surface area contributed by atoms with Crippen molar-refractivity contribution in [3.63, 3.8) is 0 Å². The average Bonchev–Trinajstić information content (AvgIpc) is 3.67. The number of carboxylic acid groups (broad SMARTS) is 1. The maximum absolute atomic E-state index is 12.9. The second kappa shape index (κ2) is 13.2. The van der Waals surface area contributed by atoms with E-state index in [1.807, 2.05) is 6.08 Å². The summed E-state index contributed by atoms with van der Waals surface area (Å²) in [5.74, 6) is -0.293. The first-order chi connectivity index (χ1) is 21.8. The van der Waals surface area contributed by atoms with Crippen molar-refractivity contribution in [3.8, 4) is 0 Å². The van der Waals surface area contributed by atoms with Crippen LogP contribution in [0.5, 0.6) is 0 Å². The summed E-state index contributed by atoms with van der Waals surface area (Å²) >= 11 is 0. The molecule has 0 amide bonds. The van der Waals surface area contributed by atoms with Crippen LogP contribution in [0.3, 0.4) is 0 Å². The molecule has 0 aromatic rings. The van der Waals surface area contributed by atoms with Gasteiger partial charge in [-0.3, -0.25) is 9.59 Å². The number of allylic oxidation sites excluding steroid dienone is 5. The van der Waals surface area contributed by atoms with Gasteiger partial charge in [0.25, 0.3) is 0 Å². The number of fused-ring (bicyclic) bond motifs is 1. The van der Waals surface area contributed by atoms with E-state index in [9.17, 15) is 14.7 Å². The van der Waals surface area contributed by atoms with Crippen LogP contribution in [-0.4, -0.2) is 45.7 Å². The molecule has 0 saturated heterocycles. The molecule has 4 saturated carbocycles. The average molecular weight is 697 g/mol. The molecule has 4 rings (SSSR count). The van der Waals surface area contributed by atoms with Gasteiger partial charge in [-0.1, -0.05) is 92.7 Å². The number of rotatable bonds is 10. The Bertz CT molecular complexity index is 1360. The number of carbonyl (C=O) groups excluding carboxylic acids is 1. The van der Waals surface area contributed by atoms with E-state index >= 15 is 0 Å². The standard InChI is InChI=1S/C41H68O5Si2/c1-28-30(26-31(45-47(11,12)37(2,3)4)27-33(28)46-48(13,14)38(5,6)7)18-17-29-16-15-22-40(10)32(29)19-20-34(40)39(8,9)23-21-35(42)41(24-25-41)36(43)44/h17-18,21,23,31-34H,1,15-16,19-20,22,24-27H2,2-14H3,(H,43,44)/b23-21+,29-17+,30-18-/t31?,32?,33?,34?,40-/m0/s1. The lowest BCUT2D eigenvalue weighted by Gasteiger charge is -2.47. The van der Waals surface area contributed by atoms with E-state index in [-0.39, 0.29) is 38.9 Å². The molecule has 5 atom stereocenters. The highest BCUT2D eigenvalue weighted by molar-refractivity contribution is 6.74. The molecule has 4 fully saturated rings. The molecule has 4 unspecified atom stereocenters. The SMILES string of the molecule is C=C1/C(=C\C=C2/CCC[C@@]3(C)C2CCC3C(C)(C)/C=C/C(=O)C2(C(=O)O)CC2)CC(O[Si](C)(C)C(C)(C)C)CC1O[Si](C)(C)C(C)(C)C. The van der Waals surface area contributed by atoms with Gasteiger partial charge >= 0.3 is 5.97 Å². The first-order valence-electron chi connectivity index (χ1n) is 18.7. The fourth-order valence-electron chi connectivity index (χ4n) is 8.48. The van der Waals surface area contributed by atoms with Crippen molar-refractivity contribution in [2.24, 2.45) is 28.1 Å². The molecule has 0 aromatic heterocycles. The summed E-state index contributed by atoms with van der Waals surface area (Å²) in [7, 11) is -4.00. The van der Waals surface area contributed by atoms with Crippen LogP contribution in [0.4, 0.5) is 0 Å². The number of aliphatic carboxylic acids is 1. The lowest BCUT2D eigenvalue weighted by Crippen LogP contribution is -2.49. The van der Waals surface area contributed by atoms with E-state index < -0.39 is 28.0 Å². The number of hydrogen-bond acceptors (Lipinski definition) is 4. The number of carbonyl (C=O) groups is 2. The van der Waals surface area contributed by atoms with Crippen molar-refractivity contribution >= 4 is 28.4 Å². The van der Waals surface area contributed by atoms with Gasteiger partial charge in [0.2, 0.25) is 0 Å². The van der Waals surface area contributed by atoms with E-state index in [0.717, 1.165) is 44.1 Å². The van der Waals surface area contributed by atoms with Crippen LogP contribution in [0.25, 0.3) is 0 Å². The molecule has 1 N–H and O–H groups in total. The van der Waals surface area contributed by atoms with Crippen molar-refractivity contribution < 1.29 is 23.5 Å². The number of ketones is 1. The van der Waals surface area contributed by atoms with Gasteiger partial charge in [-0.05, 0) is 128 Å². The number of carboxylic acids is 1. The summed E-state index contributed by atoms with van der Waals surface area (Å²) in [6.07, 6.45) is 16.9. The smallest absolute Gasteiger partial charge is 0.317 e. The summed E-state index contributed by atoms with van der Waals surface area (Å²) in [6.45, 7) is 34.9. The zero-order chi connectivity index (χ0) is 36.3. The molecule has 0 bridgehead atoms. The Morgan fingerprint density at radius 3 is 2.02 bits per heavy atom. The summed E-state index contributed by atoms with van der Waals surface area (Å²) in [5.41, 5.74) is 2.71. The second-order valence-corrected chi connectivity index (χ2v) is 29.2. The number of hydrogen-bond donors (Lipinski definition) is 1. The van der Waals surface area contributed by atoms with Crippen LogP contribution >= 0.6 is 0 Å². The maximum Gasteiger partial charge on any atom is 0.317 e. The summed E-state index contributed by atoms with van der Waals surface area (Å²) < 4.78 is 14.1. The first kappa shape index (κ1) is 39.2. The second-order valence-electron chi connectivity index (χ2n) is 19.7. The van der Waals surface area contributed by atoms with E-state index in [0.29, 0.717) is 24.7 Å². The third-order valence-electron chi connectivity index (χ3n) is 13.9. The predicted molar refractivity (Wildman–Crippen MR) is 204 cm³/mol. The Balaban J connectivity index is 1.60. The molecular formula is C41H68O5Si2.